The Labute approximate surface area is 172 Å². The lowest BCUT2D eigenvalue weighted by Gasteiger charge is -2.25. The number of ether oxygens (including phenoxy) is 1. The Hall–Kier alpha value is -2.72. The van der Waals surface area contributed by atoms with Crippen LogP contribution >= 0.6 is 0 Å². The maximum absolute atomic E-state index is 13.5. The molecule has 29 heavy (non-hydrogen) atoms. The molecule has 3 aromatic rings. The number of halogens is 1. The van der Waals surface area contributed by atoms with Gasteiger partial charge >= 0.3 is 0 Å². The summed E-state index contributed by atoms with van der Waals surface area (Å²) in [6.45, 7) is 8.76. The van der Waals surface area contributed by atoms with Crippen molar-refractivity contribution < 1.29 is 14.2 Å². The minimum Gasteiger partial charge on any atom is -0.488 e. The first kappa shape index (κ1) is 21.0. The first-order chi connectivity index (χ1) is 13.9. The molecule has 0 radical (unpaired) electrons. The van der Waals surface area contributed by atoms with Gasteiger partial charge in [-0.2, -0.15) is 0 Å². The van der Waals surface area contributed by atoms with Gasteiger partial charge in [-0.15, -0.1) is 0 Å². The lowest BCUT2D eigenvalue weighted by Crippen LogP contribution is -2.09. The van der Waals surface area contributed by atoms with Crippen LogP contribution in [0.3, 0.4) is 0 Å². The fraction of sp³-hybridized carbons (Fsp3) is 0.320. The second-order valence-electron chi connectivity index (χ2n) is 7.86. The average molecular weight is 394 g/mol. The number of benzene rings is 2. The Morgan fingerprint density at radius 3 is 2.31 bits per heavy atom. The van der Waals surface area contributed by atoms with E-state index in [0.717, 1.165) is 39.1 Å². The number of aromatic nitrogens is 1. The molecule has 0 unspecified atom stereocenters. The molecule has 0 bridgehead atoms. The summed E-state index contributed by atoms with van der Waals surface area (Å²) in [6.07, 6.45) is 3.54. The first-order valence-corrected chi connectivity index (χ1v) is 10.0. The van der Waals surface area contributed by atoms with Crippen LogP contribution in [-0.4, -0.2) is 10.1 Å². The van der Waals surface area contributed by atoms with Gasteiger partial charge in [-0.25, -0.2) is 4.39 Å². The van der Waals surface area contributed by atoms with Gasteiger partial charge in [-0.05, 0) is 58.4 Å². The van der Waals surface area contributed by atoms with Crippen LogP contribution in [0.25, 0.3) is 11.1 Å². The summed E-state index contributed by atoms with van der Waals surface area (Å²) in [7, 11) is 0. The molecule has 0 spiro atoms. The summed E-state index contributed by atoms with van der Waals surface area (Å²) in [5.41, 5.74) is 5.71. The normalized spacial score (nSPS) is 11.3. The zero-order valence-corrected chi connectivity index (χ0v) is 17.4. The molecule has 3 nitrogen and oxygen atoms in total. The third-order valence-electron chi connectivity index (χ3n) is 5.08. The van der Waals surface area contributed by atoms with E-state index in [1.165, 1.54) is 12.1 Å². The molecule has 0 atom stereocenters. The van der Waals surface area contributed by atoms with Crippen molar-refractivity contribution in [3.05, 3.63) is 82.9 Å². The van der Waals surface area contributed by atoms with Gasteiger partial charge in [0, 0.05) is 23.5 Å². The third kappa shape index (κ3) is 4.65. The number of pyridine rings is 1. The Bertz CT molecular complexity index is 951. The lowest BCUT2D eigenvalue weighted by molar-refractivity contribution is 0.273. The van der Waals surface area contributed by atoms with E-state index in [-0.39, 0.29) is 24.3 Å². The molecule has 1 aromatic heterocycles. The molecule has 4 heteroatoms. The molecule has 0 amide bonds. The molecular formula is C25H28FNO2. The Balaban J connectivity index is 2.17. The molecule has 0 fully saturated rings. The minimum atomic E-state index is -0.274. The lowest BCUT2D eigenvalue weighted by atomic mass is 9.84. The van der Waals surface area contributed by atoms with Gasteiger partial charge in [0.15, 0.2) is 0 Å². The molecule has 1 N–H and O–H groups in total. The van der Waals surface area contributed by atoms with Crippen LogP contribution in [0.15, 0.2) is 54.9 Å². The topological polar surface area (TPSA) is 42.4 Å². The van der Waals surface area contributed by atoms with Gasteiger partial charge in [0.1, 0.15) is 18.2 Å². The van der Waals surface area contributed by atoms with Crippen molar-refractivity contribution in [1.82, 2.24) is 4.98 Å². The predicted octanol–water partition coefficient (Wildman–Crippen LogP) is 6.21. The van der Waals surface area contributed by atoms with E-state index < -0.39 is 0 Å². The zero-order chi connectivity index (χ0) is 21.0. The number of rotatable bonds is 7. The van der Waals surface area contributed by atoms with Crippen LogP contribution in [0.2, 0.25) is 0 Å². The number of aliphatic hydroxyl groups is 1. The second-order valence-corrected chi connectivity index (χ2v) is 7.86. The molecule has 0 saturated carbocycles. The SMILES string of the molecule is CC(C)c1cc(-c2ccc(F)cc2)c(CO)c(C(C)C)c1OCc1cccnc1. The summed E-state index contributed by atoms with van der Waals surface area (Å²) < 4.78 is 19.8. The van der Waals surface area contributed by atoms with E-state index in [4.69, 9.17) is 4.74 Å². The highest BCUT2D eigenvalue weighted by atomic mass is 19.1. The molecule has 3 rings (SSSR count). The molecule has 152 valence electrons. The van der Waals surface area contributed by atoms with Crippen LogP contribution in [-0.2, 0) is 13.2 Å². The molecular weight excluding hydrogens is 365 g/mol. The van der Waals surface area contributed by atoms with Gasteiger partial charge in [0.2, 0.25) is 0 Å². The third-order valence-corrected chi connectivity index (χ3v) is 5.08. The van der Waals surface area contributed by atoms with Gasteiger partial charge in [0.05, 0.1) is 6.61 Å². The van der Waals surface area contributed by atoms with Crippen molar-refractivity contribution in [1.29, 1.82) is 0 Å². The summed E-state index contributed by atoms with van der Waals surface area (Å²) in [5, 5.41) is 10.3. The average Bonchev–Trinajstić information content (AvgIpc) is 2.72. The van der Waals surface area contributed by atoms with Crippen molar-refractivity contribution in [2.24, 2.45) is 0 Å². The molecule has 1 heterocycles. The summed E-state index contributed by atoms with van der Waals surface area (Å²) >= 11 is 0. The van der Waals surface area contributed by atoms with Crippen molar-refractivity contribution in [3.63, 3.8) is 0 Å². The maximum atomic E-state index is 13.5. The van der Waals surface area contributed by atoms with E-state index in [0.29, 0.717) is 6.61 Å². The zero-order valence-electron chi connectivity index (χ0n) is 17.4. The molecule has 0 aliphatic rings. The standard InChI is InChI=1S/C25H28FNO2/c1-16(2)21-12-22(19-7-9-20(26)10-8-19)23(14-28)24(17(3)4)25(21)29-15-18-6-5-11-27-13-18/h5-13,16-17,28H,14-15H2,1-4H3. The van der Waals surface area contributed by atoms with E-state index in [2.05, 4.69) is 38.7 Å². The summed E-state index contributed by atoms with van der Waals surface area (Å²) in [5.74, 6) is 0.930. The van der Waals surface area contributed by atoms with Crippen LogP contribution in [0.4, 0.5) is 4.39 Å². The number of hydrogen-bond acceptors (Lipinski definition) is 3. The molecule has 0 aliphatic heterocycles. The Morgan fingerprint density at radius 1 is 1.03 bits per heavy atom. The van der Waals surface area contributed by atoms with Crippen LogP contribution in [0.1, 0.15) is 61.8 Å². The Kier molecular flexibility index (Phi) is 6.65. The second kappa shape index (κ2) is 9.19. The van der Waals surface area contributed by atoms with Crippen LogP contribution in [0, 0.1) is 5.82 Å². The van der Waals surface area contributed by atoms with Crippen molar-refractivity contribution >= 4 is 0 Å². The number of nitrogens with zero attached hydrogens (tertiary/aromatic N) is 1. The van der Waals surface area contributed by atoms with E-state index in [1.54, 1.807) is 24.5 Å². The molecule has 2 aromatic carbocycles. The quantitative estimate of drug-likeness (QED) is 0.519. The van der Waals surface area contributed by atoms with Crippen molar-refractivity contribution in [3.8, 4) is 16.9 Å². The predicted molar refractivity (Wildman–Crippen MR) is 115 cm³/mol. The Morgan fingerprint density at radius 2 is 1.76 bits per heavy atom. The highest BCUT2D eigenvalue weighted by Crippen LogP contribution is 2.42. The van der Waals surface area contributed by atoms with Crippen LogP contribution in [0.5, 0.6) is 5.75 Å². The highest BCUT2D eigenvalue weighted by molar-refractivity contribution is 5.73. The summed E-state index contributed by atoms with van der Waals surface area (Å²) in [6, 6.07) is 12.4. The van der Waals surface area contributed by atoms with Gasteiger partial charge in [-0.3, -0.25) is 4.98 Å². The molecule has 0 aliphatic carbocycles. The summed E-state index contributed by atoms with van der Waals surface area (Å²) in [4.78, 5) is 4.16. The largest absolute Gasteiger partial charge is 0.488 e. The minimum absolute atomic E-state index is 0.109. The highest BCUT2D eigenvalue weighted by Gasteiger charge is 2.23. The van der Waals surface area contributed by atoms with E-state index in [9.17, 15) is 9.50 Å². The monoisotopic (exact) mass is 393 g/mol. The molecule has 0 saturated heterocycles. The van der Waals surface area contributed by atoms with Gasteiger partial charge < -0.3 is 9.84 Å². The van der Waals surface area contributed by atoms with E-state index in [1.807, 2.05) is 12.1 Å². The van der Waals surface area contributed by atoms with E-state index >= 15 is 0 Å². The fourth-order valence-electron chi connectivity index (χ4n) is 3.64. The smallest absolute Gasteiger partial charge is 0.127 e. The maximum Gasteiger partial charge on any atom is 0.127 e. The van der Waals surface area contributed by atoms with Gasteiger partial charge in [0.25, 0.3) is 0 Å². The number of aliphatic hydroxyl groups excluding tert-OH is 1. The first-order valence-electron chi connectivity index (χ1n) is 10.0. The number of hydrogen-bond donors (Lipinski definition) is 1. The van der Waals surface area contributed by atoms with Crippen molar-refractivity contribution in [2.75, 3.05) is 0 Å². The fourth-order valence-corrected chi connectivity index (χ4v) is 3.64. The van der Waals surface area contributed by atoms with Crippen LogP contribution < -0.4 is 4.74 Å². The van der Waals surface area contributed by atoms with Crippen molar-refractivity contribution in [2.45, 2.75) is 52.7 Å². The van der Waals surface area contributed by atoms with Gasteiger partial charge in [-0.1, -0.05) is 45.9 Å².